The lowest BCUT2D eigenvalue weighted by atomic mass is 10.1. The van der Waals surface area contributed by atoms with Crippen molar-refractivity contribution in [2.75, 3.05) is 26.4 Å². The molecule has 2 unspecified atom stereocenters. The van der Waals surface area contributed by atoms with Gasteiger partial charge in [0.05, 0.1) is 13.2 Å². The highest BCUT2D eigenvalue weighted by Gasteiger charge is 2.26. The van der Waals surface area contributed by atoms with E-state index >= 15 is 0 Å². The fourth-order valence-corrected chi connectivity index (χ4v) is 6.85. The van der Waals surface area contributed by atoms with E-state index in [1.54, 1.807) is 0 Å². The Morgan fingerprint density at radius 1 is 0.582 bits per heavy atom. The summed E-state index contributed by atoms with van der Waals surface area (Å²) < 4.78 is 33.7. The average Bonchev–Trinajstić information content (AvgIpc) is 3.14. The van der Waals surface area contributed by atoms with Crippen LogP contribution in [0.2, 0.25) is 0 Å². The summed E-state index contributed by atoms with van der Waals surface area (Å²) in [5.74, 6) is -0.824. The van der Waals surface area contributed by atoms with Crippen LogP contribution in [0.15, 0.2) is 24.3 Å². The van der Waals surface area contributed by atoms with E-state index in [4.69, 9.17) is 18.5 Å². The zero-order valence-electron chi connectivity index (χ0n) is 36.3. The summed E-state index contributed by atoms with van der Waals surface area (Å²) in [7, 11) is -4.40. The van der Waals surface area contributed by atoms with Gasteiger partial charge in [0.25, 0.3) is 0 Å². The zero-order valence-corrected chi connectivity index (χ0v) is 37.2. The lowest BCUT2D eigenvalue weighted by molar-refractivity contribution is -0.161. The number of esters is 2. The molecule has 0 radical (unpaired) electrons. The van der Waals surface area contributed by atoms with Gasteiger partial charge in [-0.2, -0.15) is 0 Å². The fourth-order valence-electron chi connectivity index (χ4n) is 6.10. The average molecular weight is 800 g/mol. The Bertz CT molecular complexity index is 996. The summed E-state index contributed by atoms with van der Waals surface area (Å²) in [6, 6.07) is 0. The molecule has 324 valence electrons. The van der Waals surface area contributed by atoms with E-state index in [2.05, 4.69) is 43.5 Å². The number of allylic oxidation sites excluding steroid dienone is 4. The largest absolute Gasteiger partial charge is 0.472 e. The van der Waals surface area contributed by atoms with E-state index in [0.29, 0.717) is 13.0 Å². The van der Waals surface area contributed by atoms with Crippen LogP contribution in [0.3, 0.4) is 0 Å². The molecule has 0 aromatic heterocycles. The first-order chi connectivity index (χ1) is 26.5. The number of nitrogens with one attached hydrogen (secondary N) is 1. The van der Waals surface area contributed by atoms with Crippen molar-refractivity contribution in [3.05, 3.63) is 24.3 Å². The van der Waals surface area contributed by atoms with Crippen molar-refractivity contribution in [2.45, 2.75) is 226 Å². The first-order valence-electron chi connectivity index (χ1n) is 22.5. The molecule has 0 spiro atoms. The van der Waals surface area contributed by atoms with Crippen LogP contribution in [-0.2, 0) is 32.7 Å². The van der Waals surface area contributed by atoms with Gasteiger partial charge in [-0.1, -0.05) is 141 Å². The van der Waals surface area contributed by atoms with Crippen LogP contribution in [0.4, 0.5) is 0 Å². The second-order valence-corrected chi connectivity index (χ2v) is 17.7. The van der Waals surface area contributed by atoms with Crippen molar-refractivity contribution in [1.82, 2.24) is 5.32 Å². The molecule has 0 heterocycles. The van der Waals surface area contributed by atoms with Crippen LogP contribution in [-0.4, -0.2) is 54.8 Å². The van der Waals surface area contributed by atoms with Crippen LogP contribution in [0.5, 0.6) is 0 Å². The first kappa shape index (κ1) is 53.5. The van der Waals surface area contributed by atoms with Crippen LogP contribution in [0.25, 0.3) is 0 Å². The number of ether oxygens (including phenoxy) is 2. The summed E-state index contributed by atoms with van der Waals surface area (Å²) in [6.45, 7) is 10.1. The van der Waals surface area contributed by atoms with Gasteiger partial charge in [0.1, 0.15) is 6.61 Å². The highest BCUT2D eigenvalue weighted by molar-refractivity contribution is 7.47. The third kappa shape index (κ3) is 41.9. The van der Waals surface area contributed by atoms with E-state index < -0.39 is 26.5 Å². The molecular weight excluding hydrogens is 713 g/mol. The molecule has 0 amide bonds. The van der Waals surface area contributed by atoms with Crippen molar-refractivity contribution in [2.24, 2.45) is 0 Å². The number of hydrogen-bond donors (Lipinski definition) is 2. The number of carbonyl (C=O) groups excluding carboxylic acids is 2. The van der Waals surface area contributed by atoms with E-state index in [1.807, 2.05) is 20.8 Å². The maximum atomic E-state index is 12.7. The summed E-state index contributed by atoms with van der Waals surface area (Å²) >= 11 is 0. The minimum atomic E-state index is -4.40. The Kier molecular flexibility index (Phi) is 37.0. The number of hydrogen-bond acceptors (Lipinski definition) is 8. The number of rotatable bonds is 40. The molecule has 0 aliphatic rings. The van der Waals surface area contributed by atoms with Gasteiger partial charge in [-0.15, -0.1) is 0 Å². The summed E-state index contributed by atoms with van der Waals surface area (Å²) in [6.07, 6.45) is 39.2. The number of phosphoric ester groups is 1. The smallest absolute Gasteiger partial charge is 0.462 e. The second-order valence-electron chi connectivity index (χ2n) is 16.2. The van der Waals surface area contributed by atoms with Crippen molar-refractivity contribution in [1.29, 1.82) is 0 Å². The Balaban J connectivity index is 4.41. The van der Waals surface area contributed by atoms with E-state index in [-0.39, 0.29) is 37.6 Å². The van der Waals surface area contributed by atoms with Crippen LogP contribution >= 0.6 is 7.82 Å². The third-order valence-electron chi connectivity index (χ3n) is 9.45. The lowest BCUT2D eigenvalue weighted by Gasteiger charge is -2.22. The zero-order chi connectivity index (χ0) is 40.7. The van der Waals surface area contributed by atoms with Crippen LogP contribution < -0.4 is 5.32 Å². The van der Waals surface area contributed by atoms with Gasteiger partial charge in [-0.3, -0.25) is 18.6 Å². The molecule has 0 saturated carbocycles. The van der Waals surface area contributed by atoms with Crippen molar-refractivity contribution in [3.63, 3.8) is 0 Å². The predicted octanol–water partition coefficient (Wildman–Crippen LogP) is 13.0. The molecule has 0 aliphatic carbocycles. The Morgan fingerprint density at radius 2 is 0.982 bits per heavy atom. The third-order valence-corrected chi connectivity index (χ3v) is 10.4. The monoisotopic (exact) mass is 800 g/mol. The first-order valence-corrected chi connectivity index (χ1v) is 24.0. The molecule has 0 aromatic carbocycles. The number of carbonyl (C=O) groups is 2. The molecule has 2 atom stereocenters. The molecule has 0 fully saturated rings. The molecular formula is C45H86NO8P. The summed E-state index contributed by atoms with van der Waals surface area (Å²) in [5.41, 5.74) is -0.166. The molecule has 0 aromatic rings. The number of phosphoric acid groups is 1. The van der Waals surface area contributed by atoms with E-state index in [0.717, 1.165) is 70.6 Å². The highest BCUT2D eigenvalue weighted by Crippen LogP contribution is 2.43. The van der Waals surface area contributed by atoms with Gasteiger partial charge in [0.2, 0.25) is 0 Å². The predicted molar refractivity (Wildman–Crippen MR) is 229 cm³/mol. The van der Waals surface area contributed by atoms with Crippen LogP contribution in [0, 0.1) is 0 Å². The van der Waals surface area contributed by atoms with Gasteiger partial charge < -0.3 is 19.7 Å². The maximum absolute atomic E-state index is 12.7. The van der Waals surface area contributed by atoms with Gasteiger partial charge in [-0.25, -0.2) is 4.57 Å². The molecule has 0 bridgehead atoms. The van der Waals surface area contributed by atoms with Gasteiger partial charge >= 0.3 is 19.8 Å². The van der Waals surface area contributed by atoms with Crippen molar-refractivity contribution < 1.29 is 37.6 Å². The summed E-state index contributed by atoms with van der Waals surface area (Å²) in [5, 5.41) is 3.17. The molecule has 0 rings (SSSR count). The quantitative estimate of drug-likeness (QED) is 0.0270. The Hall–Kier alpha value is -1.51. The molecule has 0 saturated heterocycles. The minimum Gasteiger partial charge on any atom is -0.462 e. The van der Waals surface area contributed by atoms with E-state index in [1.165, 1.54) is 89.9 Å². The lowest BCUT2D eigenvalue weighted by Crippen LogP contribution is -2.37. The second kappa shape index (κ2) is 38.0. The maximum Gasteiger partial charge on any atom is 0.472 e. The summed E-state index contributed by atoms with van der Waals surface area (Å²) in [4.78, 5) is 35.4. The fraction of sp³-hybridized carbons (Fsp3) is 0.867. The number of unbranched alkanes of at least 4 members (excludes halogenated alkanes) is 22. The minimum absolute atomic E-state index is 0.0318. The molecule has 2 N–H and O–H groups in total. The normalized spacial score (nSPS) is 13.8. The van der Waals surface area contributed by atoms with Crippen molar-refractivity contribution in [3.8, 4) is 0 Å². The Morgan fingerprint density at radius 3 is 1.42 bits per heavy atom. The van der Waals surface area contributed by atoms with Gasteiger partial charge in [0.15, 0.2) is 6.10 Å². The van der Waals surface area contributed by atoms with Gasteiger partial charge in [-0.05, 0) is 85.0 Å². The standard InChI is InChI=1S/C45H86NO8P/c1-6-8-10-12-14-16-18-20-22-24-26-28-30-32-34-36-43(47)51-40-42(41-53-55(49,50)52-39-38-46-45(3,4)5)54-44(48)37-35-33-31-29-27-25-23-21-19-17-15-13-11-9-7-2/h20-23,42,46H,6-19,24-41H2,1-5H3,(H,49,50)/b22-20+,23-21+. The topological polar surface area (TPSA) is 120 Å². The van der Waals surface area contributed by atoms with E-state index in [9.17, 15) is 19.0 Å². The highest BCUT2D eigenvalue weighted by atomic mass is 31.2. The van der Waals surface area contributed by atoms with Gasteiger partial charge in [0, 0.05) is 24.9 Å². The molecule has 9 nitrogen and oxygen atoms in total. The van der Waals surface area contributed by atoms with Crippen LogP contribution in [0.1, 0.15) is 214 Å². The molecule has 10 heteroatoms. The molecule has 55 heavy (non-hydrogen) atoms. The SMILES string of the molecule is CCCCCCCC/C=C/CCCCCCCC(=O)OCC(COP(=O)(O)OCCNC(C)(C)C)OC(=O)CCCCCCC/C=C/CCCCCCCC. The van der Waals surface area contributed by atoms with Crippen molar-refractivity contribution >= 4 is 19.8 Å². The molecule has 0 aliphatic heterocycles. The Labute approximate surface area is 338 Å².